The average molecular weight is 1020 g/mol. The van der Waals surface area contributed by atoms with Crippen LogP contribution in [0.25, 0.3) is 12.2 Å². The van der Waals surface area contributed by atoms with E-state index >= 15 is 0 Å². The zero-order chi connectivity index (χ0) is 49.2. The highest BCUT2D eigenvalue weighted by Crippen LogP contribution is 2.40. The Hall–Kier alpha value is -3.81. The van der Waals surface area contributed by atoms with Gasteiger partial charge >= 0.3 is 5.97 Å². The Labute approximate surface area is 414 Å². The summed E-state index contributed by atoms with van der Waals surface area (Å²) >= 11 is 3.28. The number of hydrogen-bond donors (Lipinski definition) is 3. The average Bonchev–Trinajstić information content (AvgIpc) is 3.96. The van der Waals surface area contributed by atoms with E-state index in [0.29, 0.717) is 75.1 Å². The van der Waals surface area contributed by atoms with Crippen molar-refractivity contribution >= 4 is 34.1 Å². The van der Waals surface area contributed by atoms with Crippen LogP contribution in [0.5, 0.6) is 0 Å². The quantitative estimate of drug-likeness (QED) is 0.104. The van der Waals surface area contributed by atoms with Gasteiger partial charge in [-0.25, -0.2) is 14.8 Å². The number of oxazole rings is 2. The lowest BCUT2D eigenvalue weighted by Crippen LogP contribution is -2.51. The summed E-state index contributed by atoms with van der Waals surface area (Å²) in [6.07, 6.45) is 19.5. The number of esters is 1. The Balaban J connectivity index is 1.06. The number of aromatic nitrogens is 2. The molecule has 3 N–H and O–H groups in total. The van der Waals surface area contributed by atoms with Crippen LogP contribution in [-0.4, -0.2) is 118 Å². The molecule has 69 heavy (non-hydrogen) atoms. The minimum atomic E-state index is -1.73. The molecular weight excluding hydrogens is 952 g/mol. The molecule has 5 aliphatic heterocycles. The number of nitrogens with zero attached hydrogens (tertiary/aromatic N) is 2. The van der Waals surface area contributed by atoms with Gasteiger partial charge in [-0.2, -0.15) is 0 Å². The van der Waals surface area contributed by atoms with Crippen LogP contribution in [0.4, 0.5) is 0 Å². The molecule has 0 saturated carbocycles. The molecule has 2 aromatic rings. The van der Waals surface area contributed by atoms with Crippen molar-refractivity contribution in [1.29, 1.82) is 0 Å². The van der Waals surface area contributed by atoms with E-state index in [1.165, 1.54) is 12.3 Å². The van der Waals surface area contributed by atoms with E-state index in [2.05, 4.69) is 22.5 Å². The Morgan fingerprint density at radius 1 is 0.986 bits per heavy atom. The number of ether oxygens (including phenoxy) is 7. The molecule has 4 fully saturated rings. The van der Waals surface area contributed by atoms with Crippen molar-refractivity contribution in [2.75, 3.05) is 14.2 Å². The molecule has 0 aliphatic carbocycles. The molecule has 0 aromatic carbocycles. The Bertz CT molecular complexity index is 2210. The molecule has 7 heterocycles. The van der Waals surface area contributed by atoms with E-state index in [1.54, 1.807) is 37.6 Å². The van der Waals surface area contributed by atoms with Crippen LogP contribution in [0.1, 0.15) is 121 Å². The third-order valence-electron chi connectivity index (χ3n) is 13.9. The van der Waals surface area contributed by atoms with Gasteiger partial charge in [0.25, 0.3) is 0 Å². The molecule has 2 aromatic heterocycles. The monoisotopic (exact) mass is 1020 g/mol. The summed E-state index contributed by atoms with van der Waals surface area (Å²) in [4.78, 5) is 24.8. The maximum atomic E-state index is 13.6. The van der Waals surface area contributed by atoms with Gasteiger partial charge in [0.15, 0.2) is 11.7 Å². The molecule has 0 amide bonds. The van der Waals surface area contributed by atoms with Crippen molar-refractivity contribution in [2.45, 2.75) is 177 Å². The number of methoxy groups -OCH3 is 2. The number of hydrogen-bond acceptors (Lipinski definition) is 15. The van der Waals surface area contributed by atoms with E-state index in [9.17, 15) is 20.1 Å². The normalized spacial score (nSPS) is 36.1. The van der Waals surface area contributed by atoms with Crippen molar-refractivity contribution in [1.82, 2.24) is 9.97 Å². The van der Waals surface area contributed by atoms with Crippen LogP contribution in [0, 0.1) is 11.8 Å². The first-order chi connectivity index (χ1) is 33.1. The third-order valence-corrected chi connectivity index (χ3v) is 14.2. The van der Waals surface area contributed by atoms with E-state index in [4.69, 9.17) is 52.0 Å². The summed E-state index contributed by atoms with van der Waals surface area (Å²) < 4.78 is 55.2. The number of rotatable bonds is 12. The fourth-order valence-electron chi connectivity index (χ4n) is 10.4. The Morgan fingerprint density at radius 3 is 2.57 bits per heavy atom. The molecule has 16 heteroatoms. The molecule has 15 nitrogen and oxygen atoms in total. The summed E-state index contributed by atoms with van der Waals surface area (Å²) in [5, 5.41) is 33.9. The first kappa shape index (κ1) is 53.0. The fraction of sp³-hybridized carbons (Fsp3) is 0.604. The number of carbonyl (C=O) groups excluding carboxylic acids is 1. The molecule has 378 valence electrons. The van der Waals surface area contributed by atoms with E-state index < -0.39 is 48.4 Å². The number of allylic oxidation sites excluding steroid dienone is 2. The van der Waals surface area contributed by atoms with Crippen LogP contribution in [0.3, 0.4) is 0 Å². The van der Waals surface area contributed by atoms with E-state index in [-0.39, 0.29) is 67.2 Å². The summed E-state index contributed by atoms with van der Waals surface area (Å²) in [7, 11) is 3.22. The SMILES string of the molecule is C=C1C[C@@H]2C[C@@H]3C[C@@H](O)C[C@@H](O3)c3coc(n3)/C=C/CC3O[C@@H](/C(C)=C/c4coc(C[C@]5(O)C[C@H](OC)C[C@H]([C@H](O)/C=C(C)/C=C/[C@@H](C/C=C/Br)OC)O5)n4)[C@H](C)[C@@H](OC(=O)/C=C\C[C@@H](C1)O2)[C@@H]3C. The second-order valence-electron chi connectivity index (χ2n) is 19.5. The maximum Gasteiger partial charge on any atom is 0.330 e. The fourth-order valence-corrected chi connectivity index (χ4v) is 10.6. The van der Waals surface area contributed by atoms with Crippen LogP contribution < -0.4 is 0 Å². The number of carbonyl (C=O) groups is 1. The van der Waals surface area contributed by atoms with Gasteiger partial charge in [-0.15, -0.1) is 0 Å². The highest BCUT2D eigenvalue weighted by atomic mass is 79.9. The summed E-state index contributed by atoms with van der Waals surface area (Å²) in [6.45, 7) is 12.2. The predicted molar refractivity (Wildman–Crippen MR) is 261 cm³/mol. The summed E-state index contributed by atoms with van der Waals surface area (Å²) in [5.74, 6) is -1.95. The molecule has 1 unspecified atom stereocenters. The van der Waals surface area contributed by atoms with Gasteiger partial charge in [-0.3, -0.25) is 0 Å². The molecule has 0 radical (unpaired) electrons. The van der Waals surface area contributed by atoms with Gasteiger partial charge in [0.1, 0.15) is 36.1 Å². The Kier molecular flexibility index (Phi) is 18.9. The summed E-state index contributed by atoms with van der Waals surface area (Å²) in [5.41, 5.74) is 3.86. The number of halogens is 1. The largest absolute Gasteiger partial charge is 0.458 e. The lowest BCUT2D eigenvalue weighted by molar-refractivity contribution is -0.286. The van der Waals surface area contributed by atoms with Crippen LogP contribution in [0.2, 0.25) is 0 Å². The molecule has 15 atom stereocenters. The van der Waals surface area contributed by atoms with Gasteiger partial charge in [-0.1, -0.05) is 84.0 Å². The molecule has 4 saturated heterocycles. The second-order valence-corrected chi connectivity index (χ2v) is 20.0. The second kappa shape index (κ2) is 24.5. The van der Waals surface area contributed by atoms with E-state index in [1.807, 2.05) is 64.2 Å². The number of aliphatic hydroxyl groups excluding tert-OH is 2. The smallest absolute Gasteiger partial charge is 0.330 e. The van der Waals surface area contributed by atoms with E-state index in [0.717, 1.165) is 16.7 Å². The van der Waals surface area contributed by atoms with Crippen molar-refractivity contribution in [3.63, 3.8) is 0 Å². The van der Waals surface area contributed by atoms with Crippen molar-refractivity contribution in [3.05, 3.63) is 107 Å². The lowest BCUT2D eigenvalue weighted by Gasteiger charge is -2.44. The minimum absolute atomic E-state index is 0.0830. The standard InChI is InChI=1S/C53H71BrN2O13/c1-31(16-17-38(61-6)12-10-18-54)21-44(58)47-26-42(62-7)27-53(60,69-47)28-49-55-36(29-63-49)22-33(3)51-35(5)52-34(4)45(67-51)13-9-14-48-56-43(30-64-48)46-24-37(57)23-41(66-46)25-40-20-32(2)19-39(65-40)11-8-15-50(59)68-52/h8-10,14-18,21-22,29-30,34-35,37-42,44-47,51-52,57-58,60H,2,11-13,19-20,23-28H2,1,3-7H3/b14-9+,15-8-,17-16+,18-10+,31-21+,33-22+/t34-,35+,37-,38-,39+,40-,41+,42-,44-,45?,46-,47-,51+,52+,53+/m1/s1. The molecule has 8 bridgehead atoms. The van der Waals surface area contributed by atoms with Crippen molar-refractivity contribution in [2.24, 2.45) is 11.8 Å². The first-order valence-corrected chi connectivity index (χ1v) is 25.2. The van der Waals surface area contributed by atoms with Gasteiger partial charge in [-0.05, 0) is 75.1 Å². The van der Waals surface area contributed by atoms with Crippen molar-refractivity contribution in [3.8, 4) is 0 Å². The van der Waals surface area contributed by atoms with Gasteiger partial charge in [0.05, 0.1) is 67.5 Å². The molecule has 7 rings (SSSR count). The maximum absolute atomic E-state index is 13.6. The van der Waals surface area contributed by atoms with Crippen LogP contribution in [-0.2, 0) is 44.4 Å². The molecule has 5 aliphatic rings. The van der Waals surface area contributed by atoms with Gasteiger partial charge in [0.2, 0.25) is 5.89 Å². The van der Waals surface area contributed by atoms with Gasteiger partial charge in [0, 0.05) is 57.8 Å². The number of aliphatic hydroxyl groups is 3. The first-order valence-electron chi connectivity index (χ1n) is 24.3. The van der Waals surface area contributed by atoms with Crippen LogP contribution >= 0.6 is 15.9 Å². The Morgan fingerprint density at radius 2 is 1.78 bits per heavy atom. The highest BCUT2D eigenvalue weighted by molar-refractivity contribution is 9.11. The zero-order valence-electron chi connectivity index (χ0n) is 40.7. The number of fused-ring (bicyclic) bond motifs is 9. The third kappa shape index (κ3) is 14.6. The lowest BCUT2D eigenvalue weighted by atomic mass is 9.79. The summed E-state index contributed by atoms with van der Waals surface area (Å²) in [6, 6.07) is 0. The topological polar surface area (TPSA) is 194 Å². The minimum Gasteiger partial charge on any atom is -0.458 e. The van der Waals surface area contributed by atoms with Gasteiger partial charge < -0.3 is 57.3 Å². The van der Waals surface area contributed by atoms with Crippen LogP contribution in [0.15, 0.2) is 92.2 Å². The predicted octanol–water partition coefficient (Wildman–Crippen LogP) is 8.76. The zero-order valence-corrected chi connectivity index (χ0v) is 42.3. The highest BCUT2D eigenvalue weighted by Gasteiger charge is 2.45. The molecular formula is C53H71BrN2O13. The molecule has 0 spiro atoms. The van der Waals surface area contributed by atoms with Crippen molar-refractivity contribution < 1.29 is 62.1 Å².